The average molecular weight is 296 g/mol. The van der Waals surface area contributed by atoms with Crippen LogP contribution in [0.1, 0.15) is 58.8 Å². The van der Waals surface area contributed by atoms with E-state index in [4.69, 9.17) is 4.74 Å². The molecule has 2 atom stereocenters. The van der Waals surface area contributed by atoms with Gasteiger partial charge in [-0.2, -0.15) is 0 Å². The van der Waals surface area contributed by atoms with E-state index in [1.807, 2.05) is 4.90 Å². The molecule has 1 aliphatic heterocycles. The Balaban J connectivity index is 1.60. The Kier molecular flexibility index (Phi) is 6.81. The third kappa shape index (κ3) is 5.85. The minimum absolute atomic E-state index is 0.0814. The normalized spacial score (nSPS) is 28.2. The molecule has 2 amide bonds. The van der Waals surface area contributed by atoms with Gasteiger partial charge in [0.1, 0.15) is 0 Å². The molecule has 122 valence electrons. The second-order valence-electron chi connectivity index (χ2n) is 7.07. The first-order valence-electron chi connectivity index (χ1n) is 8.79. The van der Waals surface area contributed by atoms with Gasteiger partial charge in [0.2, 0.25) is 0 Å². The Labute approximate surface area is 129 Å². The second kappa shape index (κ2) is 8.62. The number of carbonyl (C=O) groups is 1. The number of nitrogens with zero attached hydrogens (tertiary/aromatic N) is 1. The van der Waals surface area contributed by atoms with E-state index in [1.54, 1.807) is 0 Å². The summed E-state index contributed by atoms with van der Waals surface area (Å²) in [4.78, 5) is 14.1. The first-order chi connectivity index (χ1) is 10.1. The number of rotatable bonds is 4. The summed E-state index contributed by atoms with van der Waals surface area (Å²) in [6, 6.07) is 0.0814. The van der Waals surface area contributed by atoms with E-state index in [0.29, 0.717) is 31.1 Å². The minimum Gasteiger partial charge on any atom is -0.376 e. The number of hydrogen-bond acceptors (Lipinski definition) is 2. The molecular weight excluding hydrogens is 264 g/mol. The molecule has 0 aromatic carbocycles. The lowest BCUT2D eigenvalue weighted by atomic mass is 9.92. The fourth-order valence-corrected chi connectivity index (χ4v) is 3.73. The van der Waals surface area contributed by atoms with E-state index in [1.165, 1.54) is 44.9 Å². The molecule has 1 N–H and O–H groups in total. The molecule has 2 fully saturated rings. The van der Waals surface area contributed by atoms with Gasteiger partial charge < -0.3 is 15.0 Å². The fourth-order valence-electron chi connectivity index (χ4n) is 3.73. The zero-order valence-corrected chi connectivity index (χ0v) is 13.8. The molecule has 0 spiro atoms. The molecule has 4 heteroatoms. The highest BCUT2D eigenvalue weighted by Crippen LogP contribution is 2.21. The van der Waals surface area contributed by atoms with Crippen molar-refractivity contribution >= 4 is 6.03 Å². The van der Waals surface area contributed by atoms with E-state index in [-0.39, 0.29) is 6.03 Å². The maximum atomic E-state index is 12.2. The molecule has 2 aliphatic rings. The summed E-state index contributed by atoms with van der Waals surface area (Å²) in [6.07, 6.45) is 9.31. The van der Waals surface area contributed by atoms with Crippen molar-refractivity contribution in [3.63, 3.8) is 0 Å². The van der Waals surface area contributed by atoms with E-state index in [9.17, 15) is 4.79 Å². The number of carbonyl (C=O) groups excluding carboxylic acids is 1. The highest BCUT2D eigenvalue weighted by molar-refractivity contribution is 5.74. The molecule has 0 unspecified atom stereocenters. The molecular formula is C17H32N2O2. The van der Waals surface area contributed by atoms with Crippen molar-refractivity contribution in [2.75, 3.05) is 26.2 Å². The van der Waals surface area contributed by atoms with E-state index >= 15 is 0 Å². The van der Waals surface area contributed by atoms with E-state index < -0.39 is 0 Å². The van der Waals surface area contributed by atoms with Gasteiger partial charge in [0, 0.05) is 19.6 Å². The number of ether oxygens (including phenoxy) is 1. The van der Waals surface area contributed by atoms with Crippen LogP contribution in [0.15, 0.2) is 0 Å². The van der Waals surface area contributed by atoms with Crippen molar-refractivity contribution in [1.82, 2.24) is 10.2 Å². The SMILES string of the molecule is C[C@H]1C[C@H](C)CN(C(=O)NCCOC2CCCCCC2)C1. The number of piperidine rings is 1. The summed E-state index contributed by atoms with van der Waals surface area (Å²) < 4.78 is 5.91. The number of urea groups is 1. The maximum absolute atomic E-state index is 12.2. The Morgan fingerprint density at radius 2 is 1.71 bits per heavy atom. The van der Waals surface area contributed by atoms with Gasteiger partial charge in [-0.15, -0.1) is 0 Å². The second-order valence-corrected chi connectivity index (χ2v) is 7.07. The standard InChI is InChI=1S/C17H32N2O2/c1-14-11-15(2)13-19(12-14)17(20)18-9-10-21-16-7-5-3-4-6-8-16/h14-16H,3-13H2,1-2H3,(H,18,20)/t14-,15-/m0/s1. The van der Waals surface area contributed by atoms with Crippen molar-refractivity contribution in [3.8, 4) is 0 Å². The predicted octanol–water partition coefficient (Wildman–Crippen LogP) is 3.41. The summed E-state index contributed by atoms with van der Waals surface area (Å²) in [5.41, 5.74) is 0. The lowest BCUT2D eigenvalue weighted by Gasteiger charge is -2.35. The van der Waals surface area contributed by atoms with Crippen LogP contribution < -0.4 is 5.32 Å². The van der Waals surface area contributed by atoms with Gasteiger partial charge in [-0.3, -0.25) is 0 Å². The lowest BCUT2D eigenvalue weighted by Crippen LogP contribution is -2.48. The van der Waals surface area contributed by atoms with Gasteiger partial charge in [0.25, 0.3) is 0 Å². The van der Waals surface area contributed by atoms with Crippen molar-refractivity contribution < 1.29 is 9.53 Å². The summed E-state index contributed by atoms with van der Waals surface area (Å²) in [7, 11) is 0. The van der Waals surface area contributed by atoms with Crippen molar-refractivity contribution in [3.05, 3.63) is 0 Å². The molecule has 1 heterocycles. The topological polar surface area (TPSA) is 41.6 Å². The lowest BCUT2D eigenvalue weighted by molar-refractivity contribution is 0.0450. The summed E-state index contributed by atoms with van der Waals surface area (Å²) in [5.74, 6) is 1.23. The Morgan fingerprint density at radius 3 is 2.33 bits per heavy atom. The van der Waals surface area contributed by atoms with Crippen molar-refractivity contribution in [2.24, 2.45) is 11.8 Å². The molecule has 2 rings (SSSR count). The third-order valence-electron chi connectivity index (χ3n) is 4.69. The largest absolute Gasteiger partial charge is 0.376 e. The van der Waals surface area contributed by atoms with Crippen molar-refractivity contribution in [2.45, 2.75) is 64.9 Å². The van der Waals surface area contributed by atoms with Gasteiger partial charge in [-0.05, 0) is 31.1 Å². The van der Waals surface area contributed by atoms with Gasteiger partial charge in [-0.25, -0.2) is 4.79 Å². The third-order valence-corrected chi connectivity index (χ3v) is 4.69. The number of hydrogen-bond donors (Lipinski definition) is 1. The molecule has 1 saturated carbocycles. The number of amides is 2. The maximum Gasteiger partial charge on any atom is 0.317 e. The van der Waals surface area contributed by atoms with Crippen LogP contribution in [0.25, 0.3) is 0 Å². The van der Waals surface area contributed by atoms with Crippen LogP contribution in [-0.4, -0.2) is 43.3 Å². The van der Waals surface area contributed by atoms with Crippen molar-refractivity contribution in [1.29, 1.82) is 0 Å². The summed E-state index contributed by atoms with van der Waals surface area (Å²) in [6.45, 7) is 7.51. The van der Waals surface area contributed by atoms with E-state index in [2.05, 4.69) is 19.2 Å². The molecule has 0 bridgehead atoms. The summed E-state index contributed by atoms with van der Waals surface area (Å²) in [5, 5.41) is 3.01. The monoisotopic (exact) mass is 296 g/mol. The Hall–Kier alpha value is -0.770. The first kappa shape index (κ1) is 16.6. The molecule has 1 aliphatic carbocycles. The highest BCUT2D eigenvalue weighted by atomic mass is 16.5. The first-order valence-corrected chi connectivity index (χ1v) is 8.79. The van der Waals surface area contributed by atoms with Gasteiger partial charge >= 0.3 is 6.03 Å². The van der Waals surface area contributed by atoms with Gasteiger partial charge in [0.15, 0.2) is 0 Å². The smallest absolute Gasteiger partial charge is 0.317 e. The molecule has 21 heavy (non-hydrogen) atoms. The van der Waals surface area contributed by atoms with Crippen LogP contribution in [0.4, 0.5) is 4.79 Å². The zero-order chi connectivity index (χ0) is 15.1. The van der Waals surface area contributed by atoms with Gasteiger partial charge in [0.05, 0.1) is 12.7 Å². The molecule has 4 nitrogen and oxygen atoms in total. The van der Waals surface area contributed by atoms with Crippen LogP contribution in [0.2, 0.25) is 0 Å². The number of nitrogens with one attached hydrogen (secondary N) is 1. The predicted molar refractivity (Wildman–Crippen MR) is 85.4 cm³/mol. The average Bonchev–Trinajstić information content (AvgIpc) is 2.71. The van der Waals surface area contributed by atoms with E-state index in [0.717, 1.165) is 13.1 Å². The van der Waals surface area contributed by atoms with Crippen LogP contribution in [0, 0.1) is 11.8 Å². The molecule has 1 saturated heterocycles. The van der Waals surface area contributed by atoms with Crippen LogP contribution in [-0.2, 0) is 4.74 Å². The zero-order valence-electron chi connectivity index (χ0n) is 13.8. The summed E-state index contributed by atoms with van der Waals surface area (Å²) >= 11 is 0. The molecule has 0 aromatic heterocycles. The molecule has 0 aromatic rings. The highest BCUT2D eigenvalue weighted by Gasteiger charge is 2.25. The quantitative estimate of drug-likeness (QED) is 0.638. The fraction of sp³-hybridized carbons (Fsp3) is 0.941. The van der Waals surface area contributed by atoms with Crippen LogP contribution >= 0.6 is 0 Å². The Bertz CT molecular complexity index is 304. The molecule has 0 radical (unpaired) electrons. The van der Waals surface area contributed by atoms with Crippen LogP contribution in [0.3, 0.4) is 0 Å². The Morgan fingerprint density at radius 1 is 1.10 bits per heavy atom. The minimum atomic E-state index is 0.0814. The van der Waals surface area contributed by atoms with Gasteiger partial charge in [-0.1, -0.05) is 39.5 Å². The van der Waals surface area contributed by atoms with Crippen LogP contribution in [0.5, 0.6) is 0 Å². The number of likely N-dealkylation sites (tertiary alicyclic amines) is 1.